The van der Waals surface area contributed by atoms with Gasteiger partial charge >= 0.3 is 0 Å². The third kappa shape index (κ3) is 3.04. The Hall–Kier alpha value is -2.27. The Balaban J connectivity index is 2.03. The predicted octanol–water partition coefficient (Wildman–Crippen LogP) is 2.19. The zero-order valence-electron chi connectivity index (χ0n) is 12.6. The van der Waals surface area contributed by atoms with Crippen LogP contribution in [0.3, 0.4) is 0 Å². The SMILES string of the molecule is N#Cc1cccc(S(=O)(=O)N2C[C@@H](O)C[C@H]2c2cccc(F)c2)c1. The molecule has 0 saturated carbocycles. The number of rotatable bonds is 3. The molecule has 0 aliphatic carbocycles. The molecule has 0 unspecified atom stereocenters. The molecule has 1 aliphatic heterocycles. The minimum absolute atomic E-state index is 0.0166. The predicted molar refractivity (Wildman–Crippen MR) is 84.8 cm³/mol. The van der Waals surface area contributed by atoms with Crippen LogP contribution in [0.25, 0.3) is 0 Å². The van der Waals surface area contributed by atoms with Gasteiger partial charge in [-0.25, -0.2) is 12.8 Å². The van der Waals surface area contributed by atoms with Crippen LogP contribution >= 0.6 is 0 Å². The molecular weight excluding hydrogens is 331 g/mol. The largest absolute Gasteiger partial charge is 0.392 e. The molecule has 1 aliphatic rings. The van der Waals surface area contributed by atoms with Crippen LogP contribution < -0.4 is 0 Å². The second-order valence-corrected chi connectivity index (χ2v) is 7.57. The number of nitrogens with zero attached hydrogens (tertiary/aromatic N) is 2. The number of benzene rings is 2. The topological polar surface area (TPSA) is 81.4 Å². The smallest absolute Gasteiger partial charge is 0.243 e. The summed E-state index contributed by atoms with van der Waals surface area (Å²) in [6.45, 7) is -0.0692. The van der Waals surface area contributed by atoms with Gasteiger partial charge in [-0.2, -0.15) is 9.57 Å². The number of β-amino-alcohol motifs (C(OH)–C–C–N with tert-alkyl or cyclic N) is 1. The van der Waals surface area contributed by atoms with Crippen LogP contribution in [0.5, 0.6) is 0 Å². The fourth-order valence-corrected chi connectivity index (χ4v) is 4.64. The van der Waals surface area contributed by atoms with Crippen molar-refractivity contribution in [1.29, 1.82) is 5.26 Å². The Morgan fingerprint density at radius 1 is 1.21 bits per heavy atom. The summed E-state index contributed by atoms with van der Waals surface area (Å²) in [7, 11) is -3.91. The van der Waals surface area contributed by atoms with Gasteiger partial charge in [-0.05, 0) is 42.3 Å². The zero-order valence-corrected chi connectivity index (χ0v) is 13.4. The van der Waals surface area contributed by atoms with E-state index < -0.39 is 28.0 Å². The first-order valence-electron chi connectivity index (χ1n) is 7.37. The summed E-state index contributed by atoms with van der Waals surface area (Å²) in [4.78, 5) is -0.0166. The van der Waals surface area contributed by atoms with Crippen molar-refractivity contribution in [3.8, 4) is 6.07 Å². The molecule has 7 heteroatoms. The van der Waals surface area contributed by atoms with Crippen LogP contribution in [0.2, 0.25) is 0 Å². The minimum atomic E-state index is -3.91. The van der Waals surface area contributed by atoms with Crippen molar-refractivity contribution in [3.05, 3.63) is 65.5 Å². The molecule has 24 heavy (non-hydrogen) atoms. The standard InChI is InChI=1S/C17H15FN2O3S/c18-14-5-2-4-13(8-14)17-9-15(21)11-20(17)24(22,23)16-6-1-3-12(7-16)10-19/h1-8,15,17,21H,9,11H2/t15-,17-/m0/s1. The normalized spacial score (nSPS) is 21.5. The lowest BCUT2D eigenvalue weighted by Crippen LogP contribution is -2.32. The Morgan fingerprint density at radius 3 is 2.67 bits per heavy atom. The number of sulfonamides is 1. The van der Waals surface area contributed by atoms with Crippen molar-refractivity contribution in [2.24, 2.45) is 0 Å². The third-order valence-corrected chi connectivity index (χ3v) is 5.91. The average Bonchev–Trinajstić information content (AvgIpc) is 2.98. The highest BCUT2D eigenvalue weighted by molar-refractivity contribution is 7.89. The lowest BCUT2D eigenvalue weighted by Gasteiger charge is -2.24. The maximum Gasteiger partial charge on any atom is 0.243 e. The van der Waals surface area contributed by atoms with Crippen LogP contribution in [-0.4, -0.2) is 30.5 Å². The van der Waals surface area contributed by atoms with E-state index in [4.69, 9.17) is 5.26 Å². The highest BCUT2D eigenvalue weighted by Gasteiger charge is 2.40. The van der Waals surface area contributed by atoms with Gasteiger partial charge in [0.15, 0.2) is 0 Å². The van der Waals surface area contributed by atoms with Crippen molar-refractivity contribution in [2.75, 3.05) is 6.54 Å². The molecule has 0 radical (unpaired) electrons. The third-order valence-electron chi connectivity index (χ3n) is 4.04. The van der Waals surface area contributed by atoms with E-state index in [1.165, 1.54) is 46.8 Å². The summed E-state index contributed by atoms with van der Waals surface area (Å²) < 4.78 is 40.5. The molecule has 1 N–H and O–H groups in total. The second kappa shape index (κ2) is 6.32. The maximum atomic E-state index is 13.5. The maximum absolute atomic E-state index is 13.5. The molecule has 0 amide bonds. The number of nitriles is 1. The van der Waals surface area contributed by atoms with Gasteiger partial charge in [0.1, 0.15) is 5.82 Å². The molecule has 124 valence electrons. The first kappa shape index (κ1) is 16.6. The summed E-state index contributed by atoms with van der Waals surface area (Å²) in [5.74, 6) is -0.460. The molecule has 0 spiro atoms. The zero-order chi connectivity index (χ0) is 17.3. The van der Waals surface area contributed by atoms with Crippen LogP contribution in [0.4, 0.5) is 4.39 Å². The molecule has 1 saturated heterocycles. The molecule has 0 bridgehead atoms. The number of aliphatic hydroxyl groups excluding tert-OH is 1. The van der Waals surface area contributed by atoms with Crippen LogP contribution in [0, 0.1) is 17.1 Å². The number of aliphatic hydroxyl groups is 1. The summed E-state index contributed by atoms with van der Waals surface area (Å²) in [6, 6.07) is 12.7. The highest BCUT2D eigenvalue weighted by atomic mass is 32.2. The minimum Gasteiger partial charge on any atom is -0.392 e. The van der Waals surface area contributed by atoms with Crippen LogP contribution in [-0.2, 0) is 10.0 Å². The lowest BCUT2D eigenvalue weighted by molar-refractivity contribution is 0.188. The van der Waals surface area contributed by atoms with E-state index in [0.29, 0.717) is 5.56 Å². The van der Waals surface area contributed by atoms with Gasteiger partial charge < -0.3 is 5.11 Å². The molecule has 0 aromatic heterocycles. The van der Waals surface area contributed by atoms with E-state index in [1.54, 1.807) is 6.07 Å². The fourth-order valence-electron chi connectivity index (χ4n) is 2.93. The molecule has 1 heterocycles. The first-order chi connectivity index (χ1) is 11.4. The Kier molecular flexibility index (Phi) is 4.37. The van der Waals surface area contributed by atoms with Crippen molar-refractivity contribution in [2.45, 2.75) is 23.5 Å². The fraction of sp³-hybridized carbons (Fsp3) is 0.235. The van der Waals surface area contributed by atoms with E-state index in [0.717, 1.165) is 0 Å². The molecular formula is C17H15FN2O3S. The Morgan fingerprint density at radius 2 is 1.96 bits per heavy atom. The van der Waals surface area contributed by atoms with Crippen LogP contribution in [0.1, 0.15) is 23.6 Å². The van der Waals surface area contributed by atoms with Crippen molar-refractivity contribution < 1.29 is 17.9 Å². The summed E-state index contributed by atoms with van der Waals surface area (Å²) >= 11 is 0. The van der Waals surface area contributed by atoms with E-state index >= 15 is 0 Å². The average molecular weight is 346 g/mol. The Labute approximate surface area is 139 Å². The van der Waals surface area contributed by atoms with E-state index in [-0.39, 0.29) is 23.4 Å². The second-order valence-electron chi connectivity index (χ2n) is 5.67. The number of hydrogen-bond donors (Lipinski definition) is 1. The summed E-state index contributed by atoms with van der Waals surface area (Å²) in [5, 5.41) is 18.9. The molecule has 3 rings (SSSR count). The molecule has 2 atom stereocenters. The lowest BCUT2D eigenvalue weighted by atomic mass is 10.0. The van der Waals surface area contributed by atoms with Crippen molar-refractivity contribution in [3.63, 3.8) is 0 Å². The van der Waals surface area contributed by atoms with E-state index in [1.807, 2.05) is 6.07 Å². The van der Waals surface area contributed by atoms with Crippen LogP contribution in [0.15, 0.2) is 53.4 Å². The number of hydrogen-bond acceptors (Lipinski definition) is 4. The molecule has 1 fully saturated rings. The van der Waals surface area contributed by atoms with Gasteiger partial charge in [0, 0.05) is 6.54 Å². The number of halogens is 1. The Bertz CT molecular complexity index is 908. The van der Waals surface area contributed by atoms with Gasteiger partial charge in [0.2, 0.25) is 10.0 Å². The highest BCUT2D eigenvalue weighted by Crippen LogP contribution is 2.37. The quantitative estimate of drug-likeness (QED) is 0.924. The van der Waals surface area contributed by atoms with Crippen molar-refractivity contribution >= 4 is 10.0 Å². The summed E-state index contributed by atoms with van der Waals surface area (Å²) in [5.41, 5.74) is 0.727. The van der Waals surface area contributed by atoms with Crippen molar-refractivity contribution in [1.82, 2.24) is 4.31 Å². The van der Waals surface area contributed by atoms with Gasteiger partial charge in [-0.15, -0.1) is 0 Å². The van der Waals surface area contributed by atoms with Gasteiger partial charge in [0.05, 0.1) is 28.7 Å². The van der Waals surface area contributed by atoms with E-state index in [2.05, 4.69) is 0 Å². The first-order valence-corrected chi connectivity index (χ1v) is 8.81. The van der Waals surface area contributed by atoms with Gasteiger partial charge in [0.25, 0.3) is 0 Å². The summed E-state index contributed by atoms with van der Waals surface area (Å²) in [6.07, 6.45) is -0.632. The monoisotopic (exact) mass is 346 g/mol. The molecule has 5 nitrogen and oxygen atoms in total. The van der Waals surface area contributed by atoms with Gasteiger partial charge in [-0.1, -0.05) is 18.2 Å². The van der Waals surface area contributed by atoms with E-state index in [9.17, 15) is 17.9 Å². The molecule has 2 aromatic carbocycles. The van der Waals surface area contributed by atoms with Gasteiger partial charge in [-0.3, -0.25) is 0 Å². The molecule has 2 aromatic rings.